The van der Waals surface area contributed by atoms with Gasteiger partial charge in [-0.1, -0.05) is 12.1 Å². The number of ether oxygens (including phenoxy) is 1. The number of anilines is 2. The van der Waals surface area contributed by atoms with Crippen LogP contribution in [0.1, 0.15) is 12.5 Å². The highest BCUT2D eigenvalue weighted by atomic mass is 16.5. The van der Waals surface area contributed by atoms with Crippen LogP contribution in [-0.2, 0) is 6.42 Å². The molecule has 0 heterocycles. The van der Waals surface area contributed by atoms with Crippen molar-refractivity contribution in [2.75, 3.05) is 37.5 Å². The lowest BCUT2D eigenvalue weighted by Crippen LogP contribution is -2.30. The van der Waals surface area contributed by atoms with Gasteiger partial charge in [0.1, 0.15) is 5.75 Å². The van der Waals surface area contributed by atoms with Crippen LogP contribution >= 0.6 is 0 Å². The van der Waals surface area contributed by atoms with E-state index in [1.807, 2.05) is 74.4 Å². The highest BCUT2D eigenvalue weighted by Crippen LogP contribution is 2.15. The maximum Gasteiger partial charge on any atom is 0.319 e. The van der Waals surface area contributed by atoms with Crippen LogP contribution in [-0.4, -0.2) is 33.3 Å². The zero-order valence-corrected chi connectivity index (χ0v) is 14.5. The first-order valence-electron chi connectivity index (χ1n) is 8.12. The topological polar surface area (TPSA) is 53.6 Å². The number of nitrogens with zero attached hydrogens (tertiary/aromatic N) is 1. The third kappa shape index (κ3) is 5.50. The molecule has 0 saturated heterocycles. The number of carbonyl (C=O) groups is 1. The first-order chi connectivity index (χ1) is 11.6. The fourth-order valence-electron chi connectivity index (χ4n) is 2.26. The lowest BCUT2D eigenvalue weighted by molar-refractivity contribution is 0.252. The molecule has 2 N–H and O–H groups in total. The van der Waals surface area contributed by atoms with Crippen molar-refractivity contribution in [2.24, 2.45) is 0 Å². The second kappa shape index (κ2) is 8.82. The molecule has 5 nitrogen and oxygen atoms in total. The highest BCUT2D eigenvalue weighted by molar-refractivity contribution is 5.89. The summed E-state index contributed by atoms with van der Waals surface area (Å²) in [7, 11) is 3.96. The van der Waals surface area contributed by atoms with Gasteiger partial charge < -0.3 is 20.3 Å². The van der Waals surface area contributed by atoms with Crippen LogP contribution in [0.15, 0.2) is 48.5 Å². The van der Waals surface area contributed by atoms with E-state index in [0.717, 1.165) is 29.1 Å². The van der Waals surface area contributed by atoms with Crippen molar-refractivity contribution in [3.63, 3.8) is 0 Å². The van der Waals surface area contributed by atoms with Crippen LogP contribution in [0.5, 0.6) is 5.75 Å². The van der Waals surface area contributed by atoms with Crippen LogP contribution in [0.2, 0.25) is 0 Å². The quantitative estimate of drug-likeness (QED) is 0.818. The van der Waals surface area contributed by atoms with E-state index >= 15 is 0 Å². The largest absolute Gasteiger partial charge is 0.494 e. The van der Waals surface area contributed by atoms with Crippen molar-refractivity contribution < 1.29 is 9.53 Å². The van der Waals surface area contributed by atoms with Gasteiger partial charge in [-0.2, -0.15) is 0 Å². The average molecular weight is 327 g/mol. The van der Waals surface area contributed by atoms with Gasteiger partial charge in [-0.3, -0.25) is 0 Å². The molecule has 0 aliphatic heterocycles. The smallest absolute Gasteiger partial charge is 0.319 e. The van der Waals surface area contributed by atoms with Gasteiger partial charge in [0.2, 0.25) is 0 Å². The molecule has 0 fully saturated rings. The summed E-state index contributed by atoms with van der Waals surface area (Å²) in [4.78, 5) is 13.9. The first kappa shape index (κ1) is 17.7. The predicted octanol–water partition coefficient (Wildman–Crippen LogP) is 3.52. The minimum absolute atomic E-state index is 0.196. The summed E-state index contributed by atoms with van der Waals surface area (Å²) in [6.07, 6.45) is 0.777. The van der Waals surface area contributed by atoms with Gasteiger partial charge in [-0.15, -0.1) is 0 Å². The summed E-state index contributed by atoms with van der Waals surface area (Å²) in [6, 6.07) is 15.5. The normalized spacial score (nSPS) is 10.1. The minimum atomic E-state index is -0.196. The Hall–Kier alpha value is -2.69. The van der Waals surface area contributed by atoms with Crippen LogP contribution < -0.4 is 20.3 Å². The zero-order valence-electron chi connectivity index (χ0n) is 14.5. The number of nitrogens with one attached hydrogen (secondary N) is 2. The molecule has 128 valence electrons. The van der Waals surface area contributed by atoms with Crippen LogP contribution in [0, 0.1) is 0 Å². The van der Waals surface area contributed by atoms with Crippen LogP contribution in [0.3, 0.4) is 0 Å². The molecule has 0 radical (unpaired) electrons. The van der Waals surface area contributed by atoms with Gasteiger partial charge in [-0.25, -0.2) is 4.79 Å². The van der Waals surface area contributed by atoms with Crippen LogP contribution in [0.4, 0.5) is 16.2 Å². The van der Waals surface area contributed by atoms with Crippen molar-refractivity contribution in [3.8, 4) is 5.75 Å². The molecule has 2 rings (SSSR count). The van der Waals surface area contributed by atoms with E-state index in [-0.39, 0.29) is 6.03 Å². The van der Waals surface area contributed by atoms with E-state index in [0.29, 0.717) is 13.2 Å². The Morgan fingerprint density at radius 1 is 1.04 bits per heavy atom. The lowest BCUT2D eigenvalue weighted by Gasteiger charge is -2.13. The lowest BCUT2D eigenvalue weighted by atomic mass is 10.1. The molecule has 0 spiro atoms. The first-order valence-corrected chi connectivity index (χ1v) is 8.12. The highest BCUT2D eigenvalue weighted by Gasteiger charge is 2.02. The molecule has 0 aliphatic rings. The Kier molecular flexibility index (Phi) is 6.49. The average Bonchev–Trinajstić information content (AvgIpc) is 2.57. The van der Waals surface area contributed by atoms with Gasteiger partial charge in [0.15, 0.2) is 0 Å². The monoisotopic (exact) mass is 327 g/mol. The molecule has 5 heteroatoms. The molecular weight excluding hydrogens is 302 g/mol. The maximum atomic E-state index is 11.9. The molecule has 0 aromatic heterocycles. The van der Waals surface area contributed by atoms with Crippen molar-refractivity contribution in [2.45, 2.75) is 13.3 Å². The number of urea groups is 1. The minimum Gasteiger partial charge on any atom is -0.494 e. The maximum absolute atomic E-state index is 11.9. The summed E-state index contributed by atoms with van der Waals surface area (Å²) in [5.41, 5.74) is 3.03. The standard InChI is InChI=1S/C19H25N3O2/c1-4-24-18-11-5-15(6-12-18)13-14-20-19(23)21-16-7-9-17(10-8-16)22(2)3/h5-12H,4,13-14H2,1-3H3,(H2,20,21,23). The second-order valence-electron chi connectivity index (χ2n) is 5.65. The van der Waals surface area contributed by atoms with Gasteiger partial charge in [0.25, 0.3) is 0 Å². The Labute approximate surface area is 143 Å². The molecule has 0 atom stereocenters. The summed E-state index contributed by atoms with van der Waals surface area (Å²) in [5.74, 6) is 0.869. The Morgan fingerprint density at radius 3 is 2.29 bits per heavy atom. The molecule has 0 saturated carbocycles. The second-order valence-corrected chi connectivity index (χ2v) is 5.65. The molecule has 0 unspecified atom stereocenters. The van der Waals surface area contributed by atoms with Crippen molar-refractivity contribution in [1.82, 2.24) is 5.32 Å². The van der Waals surface area contributed by atoms with E-state index in [2.05, 4.69) is 10.6 Å². The Bertz CT molecular complexity index is 637. The molecule has 24 heavy (non-hydrogen) atoms. The molecular formula is C19H25N3O2. The fourth-order valence-corrected chi connectivity index (χ4v) is 2.26. The van der Waals surface area contributed by atoms with E-state index in [4.69, 9.17) is 4.74 Å². The van der Waals surface area contributed by atoms with Gasteiger partial charge in [-0.05, 0) is 55.3 Å². The Morgan fingerprint density at radius 2 is 1.71 bits per heavy atom. The van der Waals surface area contributed by atoms with E-state index in [9.17, 15) is 4.79 Å². The molecule has 2 aromatic rings. The molecule has 0 bridgehead atoms. The van der Waals surface area contributed by atoms with Gasteiger partial charge in [0, 0.05) is 32.0 Å². The number of rotatable bonds is 7. The van der Waals surface area contributed by atoms with E-state index in [1.54, 1.807) is 0 Å². The number of carbonyl (C=O) groups excluding carboxylic acids is 1. The third-order valence-corrected chi connectivity index (χ3v) is 3.58. The molecule has 0 aliphatic carbocycles. The fraction of sp³-hybridized carbons (Fsp3) is 0.316. The summed E-state index contributed by atoms with van der Waals surface area (Å²) >= 11 is 0. The SMILES string of the molecule is CCOc1ccc(CCNC(=O)Nc2ccc(N(C)C)cc2)cc1. The van der Waals surface area contributed by atoms with Crippen molar-refractivity contribution >= 4 is 17.4 Å². The summed E-state index contributed by atoms with van der Waals surface area (Å²) in [5, 5.41) is 5.70. The summed E-state index contributed by atoms with van der Waals surface area (Å²) < 4.78 is 5.41. The molecule has 2 aromatic carbocycles. The van der Waals surface area contributed by atoms with Crippen molar-refractivity contribution in [3.05, 3.63) is 54.1 Å². The zero-order chi connectivity index (χ0) is 17.4. The van der Waals surface area contributed by atoms with E-state index < -0.39 is 0 Å². The van der Waals surface area contributed by atoms with Gasteiger partial charge in [0.05, 0.1) is 6.61 Å². The number of benzene rings is 2. The number of amides is 2. The predicted molar refractivity (Wildman–Crippen MR) is 99.1 cm³/mol. The molecule has 2 amide bonds. The number of hydrogen-bond donors (Lipinski definition) is 2. The van der Waals surface area contributed by atoms with Gasteiger partial charge >= 0.3 is 6.03 Å². The third-order valence-electron chi connectivity index (χ3n) is 3.58. The number of hydrogen-bond acceptors (Lipinski definition) is 3. The van der Waals surface area contributed by atoms with Crippen LogP contribution in [0.25, 0.3) is 0 Å². The van der Waals surface area contributed by atoms with E-state index in [1.165, 1.54) is 0 Å². The van der Waals surface area contributed by atoms with Crippen molar-refractivity contribution in [1.29, 1.82) is 0 Å². The Balaban J connectivity index is 1.74. The summed E-state index contributed by atoms with van der Waals surface area (Å²) in [6.45, 7) is 3.21.